The molecular formula is C11H17N5O2S. The van der Waals surface area contributed by atoms with Crippen LogP contribution in [0.2, 0.25) is 0 Å². The molecule has 7 nitrogen and oxygen atoms in total. The first-order valence-corrected chi connectivity index (χ1v) is 7.21. The van der Waals surface area contributed by atoms with Crippen LogP contribution in [0.3, 0.4) is 0 Å². The normalized spacial score (nSPS) is 20.4. The van der Waals surface area contributed by atoms with Crippen molar-refractivity contribution >= 4 is 22.6 Å². The Kier molecular flexibility index (Phi) is 4.21. The largest absolute Gasteiger partial charge is 0.378 e. The molecule has 1 aromatic rings. The van der Waals surface area contributed by atoms with Crippen LogP contribution in [0.15, 0.2) is 11.3 Å². The lowest BCUT2D eigenvalue weighted by Crippen LogP contribution is -2.52. The summed E-state index contributed by atoms with van der Waals surface area (Å²) in [4.78, 5) is 13.3. The molecule has 0 spiro atoms. The van der Waals surface area contributed by atoms with E-state index in [1.165, 1.54) is 11.5 Å². The molecule has 0 amide bonds. The summed E-state index contributed by atoms with van der Waals surface area (Å²) in [6, 6.07) is 0. The van der Waals surface area contributed by atoms with E-state index in [1.54, 1.807) is 6.33 Å². The third kappa shape index (κ3) is 3.20. The fraction of sp³-hybridized carbons (Fsp3) is 0.727. The Morgan fingerprint density at radius 3 is 2.11 bits per heavy atom. The van der Waals surface area contributed by atoms with Crippen LogP contribution in [0.4, 0.5) is 5.13 Å². The van der Waals surface area contributed by atoms with Gasteiger partial charge in [0.2, 0.25) is 11.1 Å². The van der Waals surface area contributed by atoms with Crippen molar-refractivity contribution in [3.63, 3.8) is 0 Å². The number of aliphatic imine (C=N–C) groups is 1. The van der Waals surface area contributed by atoms with Crippen LogP contribution >= 0.6 is 11.5 Å². The maximum absolute atomic E-state index is 5.41. The maximum atomic E-state index is 5.41. The highest BCUT2D eigenvalue weighted by molar-refractivity contribution is 7.09. The monoisotopic (exact) mass is 283 g/mol. The number of ether oxygens (including phenoxy) is 2. The second kappa shape index (κ2) is 6.27. The summed E-state index contributed by atoms with van der Waals surface area (Å²) < 4.78 is 14.8. The molecule has 0 radical (unpaired) electrons. The van der Waals surface area contributed by atoms with E-state index in [0.29, 0.717) is 5.13 Å². The van der Waals surface area contributed by atoms with Crippen LogP contribution in [0.25, 0.3) is 0 Å². The fourth-order valence-electron chi connectivity index (χ4n) is 2.17. The van der Waals surface area contributed by atoms with E-state index in [2.05, 4.69) is 24.1 Å². The predicted molar refractivity (Wildman–Crippen MR) is 71.8 cm³/mol. The molecule has 0 unspecified atom stereocenters. The molecule has 0 atom stereocenters. The molecule has 1 aromatic heterocycles. The minimum absolute atomic E-state index is 0.702. The van der Waals surface area contributed by atoms with Crippen molar-refractivity contribution in [3.05, 3.63) is 6.33 Å². The van der Waals surface area contributed by atoms with Gasteiger partial charge in [0.1, 0.15) is 6.33 Å². The number of nitrogens with zero attached hydrogens (tertiary/aromatic N) is 5. The minimum atomic E-state index is 0.702. The van der Waals surface area contributed by atoms with E-state index in [-0.39, 0.29) is 0 Å². The van der Waals surface area contributed by atoms with Crippen molar-refractivity contribution in [2.45, 2.75) is 0 Å². The smallest absolute Gasteiger partial charge is 0.231 e. The number of rotatable bonds is 1. The number of aromatic nitrogens is 2. The Morgan fingerprint density at radius 2 is 1.63 bits per heavy atom. The topological polar surface area (TPSA) is 63.1 Å². The standard InChI is InChI=1S/C11H17N5O2S/c1-5-17-6-2-15(1)11(14-10-12-9-13-19-10)16-3-7-18-8-4-16/h9H,1-8H2. The van der Waals surface area contributed by atoms with Crippen molar-refractivity contribution in [1.29, 1.82) is 0 Å². The molecule has 2 saturated heterocycles. The van der Waals surface area contributed by atoms with Crippen LogP contribution in [0.5, 0.6) is 0 Å². The molecule has 0 aromatic carbocycles. The zero-order valence-electron chi connectivity index (χ0n) is 10.7. The number of guanidine groups is 1. The molecule has 3 heterocycles. The van der Waals surface area contributed by atoms with Gasteiger partial charge in [-0.1, -0.05) is 0 Å². The Balaban J connectivity index is 1.81. The first-order valence-electron chi connectivity index (χ1n) is 6.44. The van der Waals surface area contributed by atoms with Crippen LogP contribution in [0, 0.1) is 0 Å². The summed E-state index contributed by atoms with van der Waals surface area (Å²) in [5.74, 6) is 0.975. The minimum Gasteiger partial charge on any atom is -0.378 e. The summed E-state index contributed by atoms with van der Waals surface area (Å²) in [5, 5.41) is 0.702. The van der Waals surface area contributed by atoms with E-state index < -0.39 is 0 Å². The molecule has 0 aliphatic carbocycles. The summed E-state index contributed by atoms with van der Waals surface area (Å²) in [6.45, 7) is 6.48. The summed E-state index contributed by atoms with van der Waals surface area (Å²) >= 11 is 1.31. The summed E-state index contributed by atoms with van der Waals surface area (Å²) in [5.41, 5.74) is 0. The van der Waals surface area contributed by atoms with Crippen molar-refractivity contribution in [2.75, 3.05) is 52.6 Å². The van der Waals surface area contributed by atoms with Crippen LogP contribution < -0.4 is 0 Å². The molecule has 2 fully saturated rings. The van der Waals surface area contributed by atoms with Gasteiger partial charge in [-0.3, -0.25) is 0 Å². The van der Waals surface area contributed by atoms with E-state index >= 15 is 0 Å². The van der Waals surface area contributed by atoms with Crippen molar-refractivity contribution in [2.24, 2.45) is 4.99 Å². The van der Waals surface area contributed by atoms with Gasteiger partial charge in [0.15, 0.2) is 0 Å². The van der Waals surface area contributed by atoms with Crippen molar-refractivity contribution in [3.8, 4) is 0 Å². The van der Waals surface area contributed by atoms with Gasteiger partial charge in [-0.25, -0.2) is 4.98 Å². The molecule has 104 valence electrons. The molecule has 19 heavy (non-hydrogen) atoms. The molecule has 8 heteroatoms. The van der Waals surface area contributed by atoms with E-state index in [1.807, 2.05) is 0 Å². The average molecular weight is 283 g/mol. The van der Waals surface area contributed by atoms with Crippen molar-refractivity contribution in [1.82, 2.24) is 19.2 Å². The second-order valence-corrected chi connectivity index (χ2v) is 5.09. The lowest BCUT2D eigenvalue weighted by Gasteiger charge is -2.37. The molecule has 0 N–H and O–H groups in total. The van der Waals surface area contributed by atoms with Gasteiger partial charge in [0.25, 0.3) is 0 Å². The zero-order chi connectivity index (χ0) is 12.9. The molecular weight excluding hydrogens is 266 g/mol. The van der Waals surface area contributed by atoms with Gasteiger partial charge < -0.3 is 19.3 Å². The van der Waals surface area contributed by atoms with Gasteiger partial charge in [0, 0.05) is 37.7 Å². The first kappa shape index (κ1) is 12.8. The fourth-order valence-corrected chi connectivity index (χ4v) is 2.58. The van der Waals surface area contributed by atoms with Gasteiger partial charge >= 0.3 is 0 Å². The second-order valence-electron chi connectivity index (χ2n) is 4.33. The van der Waals surface area contributed by atoms with Crippen LogP contribution in [-0.2, 0) is 9.47 Å². The van der Waals surface area contributed by atoms with Gasteiger partial charge in [-0.05, 0) is 0 Å². The number of hydrogen-bond donors (Lipinski definition) is 0. The SMILES string of the molecule is c1nsc(N=C(N2CCOCC2)N2CCOCC2)n1. The Morgan fingerprint density at radius 1 is 1.05 bits per heavy atom. The maximum Gasteiger partial charge on any atom is 0.231 e. The molecule has 0 bridgehead atoms. The third-order valence-corrected chi connectivity index (χ3v) is 3.69. The number of morpholine rings is 2. The van der Waals surface area contributed by atoms with E-state index in [4.69, 9.17) is 9.47 Å². The highest BCUT2D eigenvalue weighted by Crippen LogP contribution is 2.16. The summed E-state index contributed by atoms with van der Waals surface area (Å²) in [7, 11) is 0. The van der Waals surface area contributed by atoms with Gasteiger partial charge in [0.05, 0.1) is 26.4 Å². The highest BCUT2D eigenvalue weighted by atomic mass is 32.1. The molecule has 2 aliphatic heterocycles. The average Bonchev–Trinajstić information content (AvgIpc) is 3.00. The predicted octanol–water partition coefficient (Wildman–Crippen LogP) is 0.190. The quantitative estimate of drug-likeness (QED) is 0.541. The van der Waals surface area contributed by atoms with E-state index in [0.717, 1.165) is 58.6 Å². The van der Waals surface area contributed by atoms with Crippen LogP contribution in [0.1, 0.15) is 0 Å². The Bertz CT molecular complexity index is 393. The lowest BCUT2D eigenvalue weighted by atomic mass is 10.4. The van der Waals surface area contributed by atoms with Crippen molar-refractivity contribution < 1.29 is 9.47 Å². The molecule has 2 aliphatic rings. The highest BCUT2D eigenvalue weighted by Gasteiger charge is 2.23. The lowest BCUT2D eigenvalue weighted by molar-refractivity contribution is 0.0422. The summed E-state index contributed by atoms with van der Waals surface area (Å²) in [6.07, 6.45) is 1.54. The molecule has 0 saturated carbocycles. The third-order valence-electron chi connectivity index (χ3n) is 3.13. The van der Waals surface area contributed by atoms with Gasteiger partial charge in [-0.15, -0.1) is 0 Å². The first-order chi connectivity index (χ1) is 9.43. The van der Waals surface area contributed by atoms with Crippen LogP contribution in [-0.4, -0.2) is 77.7 Å². The Hall–Kier alpha value is -1.25. The van der Waals surface area contributed by atoms with E-state index in [9.17, 15) is 0 Å². The number of hydrogen-bond acceptors (Lipinski definition) is 6. The zero-order valence-corrected chi connectivity index (χ0v) is 11.5. The molecule has 3 rings (SSSR count). The van der Waals surface area contributed by atoms with Gasteiger partial charge in [-0.2, -0.15) is 9.37 Å². The Labute approximate surface area is 116 Å².